The van der Waals surface area contributed by atoms with Crippen LogP contribution in [0.5, 0.6) is 0 Å². The zero-order chi connectivity index (χ0) is 40.4. The Hall–Kier alpha value is -7.63. The van der Waals surface area contributed by atoms with Crippen LogP contribution in [0.1, 0.15) is 40.0 Å². The molecule has 0 saturated heterocycles. The van der Waals surface area contributed by atoms with Gasteiger partial charge in [0.05, 0.1) is 32.7 Å². The molecule has 2 atom stereocenters. The van der Waals surface area contributed by atoms with Crippen LogP contribution >= 0.6 is 0 Å². The van der Waals surface area contributed by atoms with Gasteiger partial charge in [0.25, 0.3) is 0 Å². The summed E-state index contributed by atoms with van der Waals surface area (Å²) in [5.41, 5.74) is 10.4. The van der Waals surface area contributed by atoms with Gasteiger partial charge in [-0.15, -0.1) is 11.5 Å². The van der Waals surface area contributed by atoms with Crippen molar-refractivity contribution in [3.8, 4) is 12.3 Å². The maximum Gasteiger partial charge on any atom is 0.409 e. The molecule has 0 aliphatic rings. The second kappa shape index (κ2) is 24.6. The maximum atomic E-state index is 12.2. The van der Waals surface area contributed by atoms with Crippen molar-refractivity contribution in [3.63, 3.8) is 0 Å². The molecule has 5 aromatic rings. The summed E-state index contributed by atoms with van der Waals surface area (Å²) in [4.78, 5) is 50.1. The highest BCUT2D eigenvalue weighted by atomic mass is 16.6. The molecule has 56 heavy (non-hydrogen) atoms. The smallest absolute Gasteiger partial charge is 0.409 e. The summed E-state index contributed by atoms with van der Waals surface area (Å²) in [6.07, 6.45) is 4.98. The number of carbonyl (C=O) groups excluding carboxylic acids is 4. The highest BCUT2D eigenvalue weighted by molar-refractivity contribution is 5.83. The number of nitrogens with zero attached hydrogens (tertiary/aromatic N) is 5. The number of amides is 2. The van der Waals surface area contributed by atoms with Crippen LogP contribution in [0, 0.1) is 17.9 Å². The normalized spacial score (nSPS) is 10.7. The van der Waals surface area contributed by atoms with Crippen molar-refractivity contribution < 1.29 is 38.1 Å². The second-order valence-electron chi connectivity index (χ2n) is 11.1. The molecule has 0 aliphatic carbocycles. The van der Waals surface area contributed by atoms with Crippen LogP contribution in [0.4, 0.5) is 9.59 Å². The first-order valence-corrected chi connectivity index (χ1v) is 16.8. The summed E-state index contributed by atoms with van der Waals surface area (Å²) in [5.74, 6) is 0.987. The molecule has 2 amide bonds. The van der Waals surface area contributed by atoms with Crippen LogP contribution in [0.2, 0.25) is 0 Å². The molecule has 16 heteroatoms. The Kier molecular flexibility index (Phi) is 18.8. The molecule has 0 bridgehead atoms. The number of hydrogen-bond donors (Lipinski definition) is 3. The number of esters is 2. The van der Waals surface area contributed by atoms with Crippen molar-refractivity contribution in [3.05, 3.63) is 155 Å². The third-order valence-corrected chi connectivity index (χ3v) is 7.34. The fraction of sp³-hybridized carbons (Fsp3) is 0.200. The standard InChI is InChI=1S/C20H20N4O4.C13H13NO4.C7H8N3/c1-27-19(25)18(16-10-6-3-7-11-16)22-20(26)28-14-17-12-21-23-24(17)13-15-8-4-2-5-9-15;1-3-9-18-13(16)14-11(12(15)17-2)10-7-5-4-6-8-10;8-10-9-6-7-4-2-1-3-5-7/h2-12,18H,13-14H2,1H3,(H,22,26);1,4-8,11H,9H2,2H3,(H,14,16);1-5,8H,6H2/q;;+1/t18-;11-;/m11./s1. The van der Waals surface area contributed by atoms with E-state index in [1.807, 2.05) is 66.7 Å². The fourth-order valence-electron chi connectivity index (χ4n) is 4.63. The zero-order valence-corrected chi connectivity index (χ0v) is 30.7. The van der Waals surface area contributed by atoms with Gasteiger partial charge in [-0.05, 0) is 22.3 Å². The fourth-order valence-corrected chi connectivity index (χ4v) is 4.63. The number of nitrogens with one attached hydrogen (secondary N) is 3. The van der Waals surface area contributed by atoms with Crippen molar-refractivity contribution in [2.45, 2.75) is 31.8 Å². The van der Waals surface area contributed by atoms with Crippen molar-refractivity contribution in [1.29, 1.82) is 5.53 Å². The molecule has 0 fully saturated rings. The second-order valence-corrected chi connectivity index (χ2v) is 11.1. The lowest BCUT2D eigenvalue weighted by Crippen LogP contribution is -2.35. The highest BCUT2D eigenvalue weighted by Gasteiger charge is 2.25. The Balaban J connectivity index is 0.000000256. The molecule has 0 spiro atoms. The molecule has 0 radical (unpaired) electrons. The first-order chi connectivity index (χ1) is 27.3. The largest absolute Gasteiger partial charge is 0.467 e. The van der Waals surface area contributed by atoms with Gasteiger partial charge in [0, 0.05) is 0 Å². The number of rotatable bonds is 13. The number of ether oxygens (including phenoxy) is 4. The molecule has 1 aromatic heterocycles. The predicted octanol–water partition coefficient (Wildman–Crippen LogP) is 5.46. The third-order valence-electron chi connectivity index (χ3n) is 7.34. The molecule has 1 heterocycles. The van der Waals surface area contributed by atoms with Gasteiger partial charge < -0.3 is 29.6 Å². The van der Waals surface area contributed by atoms with Gasteiger partial charge in [-0.1, -0.05) is 132 Å². The van der Waals surface area contributed by atoms with E-state index in [1.165, 1.54) is 20.4 Å². The Labute approximate surface area is 323 Å². The van der Waals surface area contributed by atoms with Gasteiger partial charge >= 0.3 is 24.1 Å². The molecule has 0 unspecified atom stereocenters. The van der Waals surface area contributed by atoms with Crippen molar-refractivity contribution in [1.82, 2.24) is 30.5 Å². The number of aromatic nitrogens is 3. The Bertz CT molecular complexity index is 2040. The maximum absolute atomic E-state index is 12.2. The van der Waals surface area contributed by atoms with Crippen LogP contribution in [0.15, 0.2) is 133 Å². The van der Waals surface area contributed by atoms with Crippen LogP contribution in [0.3, 0.4) is 0 Å². The first-order valence-electron chi connectivity index (χ1n) is 16.8. The quantitative estimate of drug-likeness (QED) is 0.0453. The van der Waals surface area contributed by atoms with Crippen molar-refractivity contribution in [2.24, 2.45) is 5.11 Å². The van der Waals surface area contributed by atoms with E-state index in [0.29, 0.717) is 29.9 Å². The summed E-state index contributed by atoms with van der Waals surface area (Å²) in [7, 11) is 2.51. The number of benzene rings is 4. The number of hydrogen-bond acceptors (Lipinski definition) is 12. The van der Waals surface area contributed by atoms with Gasteiger partial charge in [0.15, 0.2) is 18.7 Å². The van der Waals surface area contributed by atoms with Gasteiger partial charge in [-0.25, -0.2) is 23.9 Å². The minimum Gasteiger partial charge on any atom is -0.467 e. The van der Waals surface area contributed by atoms with E-state index in [-0.39, 0.29) is 13.2 Å². The number of terminal acetylenes is 1. The Morgan fingerprint density at radius 2 is 1.21 bits per heavy atom. The Morgan fingerprint density at radius 3 is 1.68 bits per heavy atom. The summed E-state index contributed by atoms with van der Waals surface area (Å²) in [6.45, 7) is 0.823. The lowest BCUT2D eigenvalue weighted by Gasteiger charge is -2.16. The molecule has 3 N–H and O–H groups in total. The van der Waals surface area contributed by atoms with Gasteiger partial charge in [0.2, 0.25) is 4.91 Å². The van der Waals surface area contributed by atoms with E-state index >= 15 is 0 Å². The number of carbonyl (C=O) groups is 4. The summed E-state index contributed by atoms with van der Waals surface area (Å²) < 4.78 is 20.9. The molecule has 0 saturated carbocycles. The lowest BCUT2D eigenvalue weighted by molar-refractivity contribution is -0.144. The topological polar surface area (TPSA) is 210 Å². The average molecular weight is 762 g/mol. The summed E-state index contributed by atoms with van der Waals surface area (Å²) in [6, 6.07) is 35.1. The van der Waals surface area contributed by atoms with E-state index in [2.05, 4.69) is 46.4 Å². The minimum absolute atomic E-state index is 0.0334. The number of alkyl carbamates (subject to hydrolysis) is 2. The highest BCUT2D eigenvalue weighted by Crippen LogP contribution is 2.16. The van der Waals surface area contributed by atoms with Crippen LogP contribution in [-0.2, 0) is 48.2 Å². The van der Waals surface area contributed by atoms with Crippen LogP contribution in [0.25, 0.3) is 0 Å². The van der Waals surface area contributed by atoms with Gasteiger partial charge in [0.1, 0.15) is 23.8 Å². The average Bonchev–Trinajstić information content (AvgIpc) is 3.70. The van der Waals surface area contributed by atoms with Gasteiger partial charge in [-0.3, -0.25) is 0 Å². The van der Waals surface area contributed by atoms with Gasteiger partial charge in [-0.2, -0.15) is 0 Å². The number of methoxy groups -OCH3 is 2. The zero-order valence-electron chi connectivity index (χ0n) is 30.7. The lowest BCUT2D eigenvalue weighted by atomic mass is 10.1. The van der Waals surface area contributed by atoms with E-state index in [1.54, 1.807) is 59.3 Å². The molecular weight excluding hydrogens is 720 g/mol. The first kappa shape index (κ1) is 42.8. The van der Waals surface area contributed by atoms with Crippen LogP contribution < -0.4 is 15.5 Å². The van der Waals surface area contributed by atoms with E-state index < -0.39 is 36.2 Å². The molecule has 16 nitrogen and oxygen atoms in total. The van der Waals surface area contributed by atoms with Crippen molar-refractivity contribution in [2.75, 3.05) is 20.8 Å². The predicted molar refractivity (Wildman–Crippen MR) is 202 cm³/mol. The summed E-state index contributed by atoms with van der Waals surface area (Å²) >= 11 is 0. The van der Waals surface area contributed by atoms with E-state index in [4.69, 9.17) is 21.4 Å². The molecule has 5 rings (SSSR count). The molecule has 4 aromatic carbocycles. The summed E-state index contributed by atoms with van der Waals surface area (Å²) in [5, 5.41) is 16.3. The van der Waals surface area contributed by atoms with E-state index in [9.17, 15) is 19.2 Å². The molecular formula is C40H41N8O8+. The SMILES string of the molecule is C#CCOC(=O)N[C@@H](C(=O)OC)c1ccccc1.COC(=O)[C@H](NC(=O)OCc1cnnn1Cc1ccccc1)c1ccccc1.N=[N+]=NCc1ccccc1. The Morgan fingerprint density at radius 1 is 0.750 bits per heavy atom. The minimum atomic E-state index is -0.953. The third kappa shape index (κ3) is 15.2. The molecule has 0 aliphatic heterocycles. The van der Waals surface area contributed by atoms with Crippen molar-refractivity contribution >= 4 is 24.1 Å². The molecule has 288 valence electrons. The van der Waals surface area contributed by atoms with E-state index in [0.717, 1.165) is 11.1 Å². The monoisotopic (exact) mass is 761 g/mol. The van der Waals surface area contributed by atoms with Crippen LogP contribution in [-0.4, -0.2) is 59.9 Å².